The second kappa shape index (κ2) is 11.0. The van der Waals surface area contributed by atoms with Crippen molar-refractivity contribution in [1.29, 1.82) is 5.26 Å². The van der Waals surface area contributed by atoms with Crippen LogP contribution in [0.3, 0.4) is 0 Å². The highest BCUT2D eigenvalue weighted by Crippen LogP contribution is 2.43. The van der Waals surface area contributed by atoms with Gasteiger partial charge in [-0.1, -0.05) is 57.5 Å². The lowest BCUT2D eigenvalue weighted by Gasteiger charge is -2.18. The highest BCUT2D eigenvalue weighted by Gasteiger charge is 2.41. The van der Waals surface area contributed by atoms with Gasteiger partial charge in [0.25, 0.3) is 5.91 Å². The third-order valence-electron chi connectivity index (χ3n) is 5.40. The molecule has 11 heteroatoms. The van der Waals surface area contributed by atoms with Crippen LogP contribution < -0.4 is 10.2 Å². The number of carbonyl (C=O) groups excluding carboxylic acids is 2. The molecule has 3 aromatic rings. The fraction of sp³-hybridized carbons (Fsp3) is 0.115. The number of alkyl halides is 3. The maximum absolute atomic E-state index is 13.5. The van der Waals surface area contributed by atoms with E-state index in [1.54, 1.807) is 54.6 Å². The van der Waals surface area contributed by atoms with Gasteiger partial charge in [-0.05, 0) is 66.6 Å². The maximum atomic E-state index is 13.5. The van der Waals surface area contributed by atoms with E-state index in [2.05, 4.69) is 21.2 Å². The van der Waals surface area contributed by atoms with Gasteiger partial charge in [0.15, 0.2) is 0 Å². The van der Waals surface area contributed by atoms with Gasteiger partial charge in [0.1, 0.15) is 16.7 Å². The second-order valence-electron chi connectivity index (χ2n) is 7.88. The molecule has 1 N–H and O–H groups in total. The molecule has 37 heavy (non-hydrogen) atoms. The van der Waals surface area contributed by atoms with Crippen LogP contribution in [0.1, 0.15) is 11.1 Å². The van der Waals surface area contributed by atoms with E-state index < -0.39 is 28.8 Å². The molecule has 0 bridgehead atoms. The molecule has 1 atom stereocenters. The summed E-state index contributed by atoms with van der Waals surface area (Å²) in [4.78, 5) is 27.8. The van der Waals surface area contributed by atoms with Gasteiger partial charge in [-0.15, -0.1) is 0 Å². The molecule has 4 rings (SSSR count). The number of anilines is 2. The number of hydrogen-bond acceptors (Lipinski definition) is 4. The van der Waals surface area contributed by atoms with Crippen molar-refractivity contribution < 1.29 is 22.8 Å². The monoisotopic (exact) mass is 605 g/mol. The van der Waals surface area contributed by atoms with Gasteiger partial charge >= 0.3 is 6.18 Å². The van der Waals surface area contributed by atoms with Crippen LogP contribution in [0.5, 0.6) is 0 Å². The summed E-state index contributed by atoms with van der Waals surface area (Å²) in [5.74, 6) is -1.21. The van der Waals surface area contributed by atoms with Gasteiger partial charge in [-0.2, -0.15) is 18.4 Å². The Hall–Kier alpha value is -3.26. The molecule has 0 aromatic heterocycles. The van der Waals surface area contributed by atoms with Crippen molar-refractivity contribution in [1.82, 2.24) is 0 Å². The van der Waals surface area contributed by atoms with Gasteiger partial charge in [0.2, 0.25) is 5.91 Å². The zero-order valence-corrected chi connectivity index (χ0v) is 21.9. The zero-order chi connectivity index (χ0) is 26.7. The molecule has 188 valence electrons. The summed E-state index contributed by atoms with van der Waals surface area (Å²) in [5, 5.41) is 11.8. The third kappa shape index (κ3) is 6.01. The van der Waals surface area contributed by atoms with Gasteiger partial charge < -0.3 is 5.32 Å². The molecule has 1 fully saturated rings. The number of carbonyl (C=O) groups is 2. The highest BCUT2D eigenvalue weighted by atomic mass is 79.9. The standard InChI is InChI=1S/C26H16BrClF3N3O2S/c27-17-7-9-18(10-8-17)33-23(35)20(14-32)25-34(19-4-2-1-3-5-19)24(36)22(37-25)13-15-12-16(26(29,30)31)6-11-21(15)28/h1-12,22H,13H2,(H,33,35). The van der Waals surface area contributed by atoms with Crippen molar-refractivity contribution in [3.05, 3.63) is 104 Å². The number of halogens is 5. The maximum Gasteiger partial charge on any atom is 0.416 e. The first-order valence-electron chi connectivity index (χ1n) is 10.7. The average Bonchev–Trinajstić information content (AvgIpc) is 3.17. The van der Waals surface area contributed by atoms with Crippen LogP contribution in [0.25, 0.3) is 0 Å². The van der Waals surface area contributed by atoms with E-state index in [-0.39, 0.29) is 27.6 Å². The topological polar surface area (TPSA) is 73.2 Å². The Bertz CT molecular complexity index is 1420. The van der Waals surface area contributed by atoms with Crippen molar-refractivity contribution >= 4 is 62.5 Å². The Balaban J connectivity index is 1.72. The molecule has 0 aliphatic carbocycles. The summed E-state index contributed by atoms with van der Waals surface area (Å²) in [6, 6.07) is 19.9. The number of nitrogens with one attached hydrogen (secondary N) is 1. The van der Waals surface area contributed by atoms with Gasteiger partial charge in [-0.25, -0.2) is 0 Å². The van der Waals surface area contributed by atoms with Crippen molar-refractivity contribution in [3.63, 3.8) is 0 Å². The number of nitrogens with zero attached hydrogens (tertiary/aromatic N) is 2. The molecule has 0 spiro atoms. The number of hydrogen-bond donors (Lipinski definition) is 1. The lowest BCUT2D eigenvalue weighted by atomic mass is 10.0. The Morgan fingerprint density at radius 1 is 1.11 bits per heavy atom. The first-order chi connectivity index (χ1) is 17.6. The fourth-order valence-electron chi connectivity index (χ4n) is 3.63. The van der Waals surface area contributed by atoms with Crippen LogP contribution in [0.2, 0.25) is 5.02 Å². The molecule has 0 saturated carbocycles. The van der Waals surface area contributed by atoms with Crippen molar-refractivity contribution in [3.8, 4) is 6.07 Å². The molecule has 1 aliphatic heterocycles. The van der Waals surface area contributed by atoms with Crippen LogP contribution in [0.4, 0.5) is 24.5 Å². The molecule has 1 saturated heterocycles. The smallest absolute Gasteiger partial charge is 0.321 e. The quantitative estimate of drug-likeness (QED) is 0.247. The zero-order valence-electron chi connectivity index (χ0n) is 18.7. The van der Waals surface area contributed by atoms with Crippen molar-refractivity contribution in [2.75, 3.05) is 10.2 Å². The Morgan fingerprint density at radius 3 is 2.41 bits per heavy atom. The second-order valence-corrected chi connectivity index (χ2v) is 10.4. The van der Waals surface area contributed by atoms with E-state index >= 15 is 0 Å². The van der Waals surface area contributed by atoms with Crippen LogP contribution >= 0.6 is 39.3 Å². The van der Waals surface area contributed by atoms with E-state index in [9.17, 15) is 28.0 Å². The molecule has 1 unspecified atom stereocenters. The first-order valence-corrected chi connectivity index (χ1v) is 12.8. The van der Waals surface area contributed by atoms with Crippen molar-refractivity contribution in [2.24, 2.45) is 0 Å². The minimum absolute atomic E-state index is 0.0820. The minimum atomic E-state index is -4.58. The molecule has 2 amide bonds. The lowest BCUT2D eigenvalue weighted by molar-refractivity contribution is -0.137. The normalized spacial score (nSPS) is 16.9. The Kier molecular flexibility index (Phi) is 7.97. The molecular weight excluding hydrogens is 591 g/mol. The molecular formula is C26H16BrClF3N3O2S. The van der Waals surface area contributed by atoms with E-state index in [0.717, 1.165) is 34.4 Å². The van der Waals surface area contributed by atoms with E-state index in [1.807, 2.05) is 6.07 Å². The van der Waals surface area contributed by atoms with E-state index in [1.165, 1.54) is 4.90 Å². The summed E-state index contributed by atoms with van der Waals surface area (Å²) >= 11 is 10.4. The van der Waals surface area contributed by atoms with Crippen LogP contribution in [-0.2, 0) is 22.2 Å². The lowest BCUT2D eigenvalue weighted by Crippen LogP contribution is -2.31. The largest absolute Gasteiger partial charge is 0.416 e. The van der Waals surface area contributed by atoms with Crippen molar-refractivity contribution in [2.45, 2.75) is 17.8 Å². The summed E-state index contributed by atoms with van der Waals surface area (Å²) in [6.45, 7) is 0. The minimum Gasteiger partial charge on any atom is -0.321 e. The number of amides is 2. The number of para-hydroxylation sites is 1. The predicted octanol–water partition coefficient (Wildman–Crippen LogP) is 7.19. The third-order valence-corrected chi connectivity index (χ3v) is 7.56. The average molecular weight is 607 g/mol. The molecule has 3 aromatic carbocycles. The SMILES string of the molecule is N#CC(C(=O)Nc1ccc(Br)cc1)=C1SC(Cc2cc(C(F)(F)F)ccc2Cl)C(=O)N1c1ccccc1. The predicted molar refractivity (Wildman–Crippen MR) is 141 cm³/mol. The van der Waals surface area contributed by atoms with E-state index in [4.69, 9.17) is 11.6 Å². The molecule has 0 radical (unpaired) electrons. The number of benzene rings is 3. The highest BCUT2D eigenvalue weighted by molar-refractivity contribution is 9.10. The van der Waals surface area contributed by atoms with E-state index in [0.29, 0.717) is 11.4 Å². The number of nitriles is 1. The molecule has 5 nitrogen and oxygen atoms in total. The summed E-state index contributed by atoms with van der Waals surface area (Å²) < 4.78 is 40.6. The molecule has 1 heterocycles. The summed E-state index contributed by atoms with van der Waals surface area (Å²) in [7, 11) is 0. The number of thioether (sulfide) groups is 1. The van der Waals surface area contributed by atoms with Crippen LogP contribution in [0.15, 0.2) is 87.9 Å². The summed E-state index contributed by atoms with van der Waals surface area (Å²) in [5.41, 5.74) is -0.201. The Morgan fingerprint density at radius 2 is 1.78 bits per heavy atom. The number of rotatable bonds is 5. The van der Waals surface area contributed by atoms with Gasteiger partial charge in [-0.3, -0.25) is 14.5 Å². The van der Waals surface area contributed by atoms with Gasteiger partial charge in [0, 0.05) is 20.9 Å². The summed E-state index contributed by atoms with van der Waals surface area (Å²) in [6.07, 6.45) is -4.71. The van der Waals surface area contributed by atoms with Crippen LogP contribution in [-0.4, -0.2) is 17.1 Å². The van der Waals surface area contributed by atoms with Crippen LogP contribution in [0, 0.1) is 11.3 Å². The first kappa shape index (κ1) is 26.8. The fourth-order valence-corrected chi connectivity index (χ4v) is 5.39. The van der Waals surface area contributed by atoms with Gasteiger partial charge in [0.05, 0.1) is 10.8 Å². The molecule has 1 aliphatic rings. The Labute approximate surface area is 228 Å².